The molecular formula is C16H25N3O. The molecule has 4 heteroatoms. The first-order valence-electron chi connectivity index (χ1n) is 7.37. The lowest BCUT2D eigenvalue weighted by molar-refractivity contribution is -0.123. The van der Waals surface area contributed by atoms with Crippen molar-refractivity contribution in [3.8, 4) is 0 Å². The summed E-state index contributed by atoms with van der Waals surface area (Å²) in [5.74, 6) is 0.106. The van der Waals surface area contributed by atoms with Crippen molar-refractivity contribution in [2.24, 2.45) is 0 Å². The second-order valence-electron chi connectivity index (χ2n) is 5.67. The van der Waals surface area contributed by atoms with Crippen molar-refractivity contribution in [1.82, 2.24) is 15.5 Å². The third kappa shape index (κ3) is 3.81. The number of piperazine rings is 1. The first-order chi connectivity index (χ1) is 9.58. The highest BCUT2D eigenvalue weighted by Gasteiger charge is 2.21. The van der Waals surface area contributed by atoms with Gasteiger partial charge in [0.15, 0.2) is 0 Å². The first kappa shape index (κ1) is 15.0. The Kier molecular flexibility index (Phi) is 5.15. The molecule has 0 radical (unpaired) electrons. The molecular weight excluding hydrogens is 250 g/mol. The number of hydrogen-bond donors (Lipinski definition) is 2. The summed E-state index contributed by atoms with van der Waals surface area (Å²) in [7, 11) is 0. The van der Waals surface area contributed by atoms with E-state index in [9.17, 15) is 4.79 Å². The van der Waals surface area contributed by atoms with Crippen molar-refractivity contribution in [3.05, 3.63) is 35.4 Å². The van der Waals surface area contributed by atoms with Gasteiger partial charge in [-0.1, -0.05) is 24.3 Å². The van der Waals surface area contributed by atoms with Gasteiger partial charge in [-0.05, 0) is 31.9 Å². The van der Waals surface area contributed by atoms with Crippen molar-refractivity contribution in [2.75, 3.05) is 26.2 Å². The zero-order chi connectivity index (χ0) is 14.5. The Labute approximate surface area is 121 Å². The number of amides is 1. The van der Waals surface area contributed by atoms with E-state index in [1.54, 1.807) is 0 Å². The molecule has 0 aromatic heterocycles. The van der Waals surface area contributed by atoms with E-state index in [4.69, 9.17) is 0 Å². The van der Waals surface area contributed by atoms with Crippen LogP contribution in [0.5, 0.6) is 0 Å². The average Bonchev–Trinajstić information content (AvgIpc) is 2.41. The fraction of sp³-hybridized carbons (Fsp3) is 0.562. The van der Waals surface area contributed by atoms with Gasteiger partial charge in [-0.25, -0.2) is 0 Å². The fourth-order valence-corrected chi connectivity index (χ4v) is 2.74. The maximum atomic E-state index is 12.2. The summed E-state index contributed by atoms with van der Waals surface area (Å²) >= 11 is 0. The lowest BCUT2D eigenvalue weighted by atomic mass is 10.0. The summed E-state index contributed by atoms with van der Waals surface area (Å²) in [6, 6.07) is 8.67. The number of nitrogens with one attached hydrogen (secondary N) is 2. The van der Waals surface area contributed by atoms with Gasteiger partial charge in [0.05, 0.1) is 12.6 Å². The number of rotatable bonds is 4. The molecule has 2 rings (SSSR count). The summed E-state index contributed by atoms with van der Waals surface area (Å²) in [4.78, 5) is 14.4. The number of aryl methyl sites for hydroxylation is 1. The molecule has 1 heterocycles. The molecule has 1 aromatic carbocycles. The molecule has 0 spiro atoms. The Balaban J connectivity index is 1.89. The molecule has 1 unspecified atom stereocenters. The largest absolute Gasteiger partial charge is 0.348 e. The molecule has 4 nitrogen and oxygen atoms in total. The molecule has 0 saturated carbocycles. The molecule has 1 aromatic rings. The quantitative estimate of drug-likeness (QED) is 0.874. The van der Waals surface area contributed by atoms with Crippen LogP contribution in [0.25, 0.3) is 0 Å². The summed E-state index contributed by atoms with van der Waals surface area (Å²) < 4.78 is 0. The molecule has 2 atom stereocenters. The van der Waals surface area contributed by atoms with E-state index in [0.29, 0.717) is 12.6 Å². The fourth-order valence-electron chi connectivity index (χ4n) is 2.74. The van der Waals surface area contributed by atoms with Crippen LogP contribution in [0.15, 0.2) is 24.3 Å². The Hall–Kier alpha value is -1.39. The zero-order valence-corrected chi connectivity index (χ0v) is 12.6. The predicted molar refractivity (Wildman–Crippen MR) is 81.6 cm³/mol. The minimum absolute atomic E-state index is 0.0573. The van der Waals surface area contributed by atoms with Gasteiger partial charge < -0.3 is 10.6 Å². The number of benzene rings is 1. The van der Waals surface area contributed by atoms with Crippen molar-refractivity contribution < 1.29 is 4.79 Å². The van der Waals surface area contributed by atoms with Gasteiger partial charge in [0.2, 0.25) is 5.91 Å². The van der Waals surface area contributed by atoms with E-state index in [1.165, 1.54) is 11.1 Å². The van der Waals surface area contributed by atoms with Crippen LogP contribution in [0.1, 0.15) is 31.0 Å². The normalized spacial score (nSPS) is 21.4. The third-order valence-electron chi connectivity index (χ3n) is 4.02. The minimum atomic E-state index is 0.0573. The number of carbonyl (C=O) groups excluding carboxylic acids is 1. The van der Waals surface area contributed by atoms with Crippen LogP contribution in [-0.2, 0) is 4.79 Å². The lowest BCUT2D eigenvalue weighted by Gasteiger charge is -2.33. The second-order valence-corrected chi connectivity index (χ2v) is 5.67. The predicted octanol–water partition coefficient (Wildman–Crippen LogP) is 1.47. The standard InChI is InChI=1S/C16H25N3O/c1-12-6-4-5-7-15(12)14(3)18-16(20)11-19-9-8-17-10-13(19)2/h4-7,13-14,17H,8-11H2,1-3H3,(H,18,20)/t13-,14?/m0/s1. The highest BCUT2D eigenvalue weighted by atomic mass is 16.2. The van der Waals surface area contributed by atoms with Gasteiger partial charge in [-0.15, -0.1) is 0 Å². The smallest absolute Gasteiger partial charge is 0.234 e. The van der Waals surface area contributed by atoms with Crippen LogP contribution < -0.4 is 10.6 Å². The Bertz CT molecular complexity index is 461. The number of nitrogens with zero attached hydrogens (tertiary/aromatic N) is 1. The van der Waals surface area contributed by atoms with E-state index in [2.05, 4.69) is 41.5 Å². The van der Waals surface area contributed by atoms with E-state index in [-0.39, 0.29) is 11.9 Å². The lowest BCUT2D eigenvalue weighted by Crippen LogP contribution is -2.52. The molecule has 1 aliphatic heterocycles. The highest BCUT2D eigenvalue weighted by Crippen LogP contribution is 2.16. The van der Waals surface area contributed by atoms with Gasteiger partial charge in [0.25, 0.3) is 0 Å². The van der Waals surface area contributed by atoms with E-state index in [0.717, 1.165) is 19.6 Å². The molecule has 0 bridgehead atoms. The molecule has 1 amide bonds. The molecule has 20 heavy (non-hydrogen) atoms. The van der Waals surface area contributed by atoms with Crippen LogP contribution in [0.4, 0.5) is 0 Å². The topological polar surface area (TPSA) is 44.4 Å². The van der Waals surface area contributed by atoms with Crippen molar-refractivity contribution in [1.29, 1.82) is 0 Å². The molecule has 1 fully saturated rings. The van der Waals surface area contributed by atoms with Gasteiger partial charge in [-0.3, -0.25) is 9.69 Å². The van der Waals surface area contributed by atoms with E-state index in [1.807, 2.05) is 19.1 Å². The van der Waals surface area contributed by atoms with Crippen molar-refractivity contribution in [3.63, 3.8) is 0 Å². The Morgan fingerprint density at radius 2 is 2.25 bits per heavy atom. The molecule has 1 aliphatic rings. The molecule has 110 valence electrons. The van der Waals surface area contributed by atoms with Gasteiger partial charge in [-0.2, -0.15) is 0 Å². The van der Waals surface area contributed by atoms with Crippen LogP contribution in [-0.4, -0.2) is 43.0 Å². The van der Waals surface area contributed by atoms with Crippen LogP contribution in [0.2, 0.25) is 0 Å². The number of hydrogen-bond acceptors (Lipinski definition) is 3. The van der Waals surface area contributed by atoms with Crippen molar-refractivity contribution in [2.45, 2.75) is 32.9 Å². The molecule has 2 N–H and O–H groups in total. The van der Waals surface area contributed by atoms with Crippen LogP contribution >= 0.6 is 0 Å². The average molecular weight is 275 g/mol. The van der Waals surface area contributed by atoms with E-state index >= 15 is 0 Å². The zero-order valence-electron chi connectivity index (χ0n) is 12.6. The summed E-state index contributed by atoms with van der Waals surface area (Å²) in [6.45, 7) is 9.62. The minimum Gasteiger partial charge on any atom is -0.348 e. The van der Waals surface area contributed by atoms with Crippen molar-refractivity contribution >= 4 is 5.91 Å². The molecule has 1 saturated heterocycles. The monoisotopic (exact) mass is 275 g/mol. The van der Waals surface area contributed by atoms with Crippen LogP contribution in [0.3, 0.4) is 0 Å². The summed E-state index contributed by atoms with van der Waals surface area (Å²) in [5.41, 5.74) is 2.41. The third-order valence-corrected chi connectivity index (χ3v) is 4.02. The highest BCUT2D eigenvalue weighted by molar-refractivity contribution is 5.78. The number of carbonyl (C=O) groups is 1. The van der Waals surface area contributed by atoms with Gasteiger partial charge in [0.1, 0.15) is 0 Å². The van der Waals surface area contributed by atoms with Gasteiger partial charge in [0, 0.05) is 25.7 Å². The summed E-state index contributed by atoms with van der Waals surface area (Å²) in [5, 5.41) is 6.44. The second kappa shape index (κ2) is 6.86. The van der Waals surface area contributed by atoms with Gasteiger partial charge >= 0.3 is 0 Å². The first-order valence-corrected chi connectivity index (χ1v) is 7.37. The maximum Gasteiger partial charge on any atom is 0.234 e. The summed E-state index contributed by atoms with van der Waals surface area (Å²) in [6.07, 6.45) is 0. The Morgan fingerprint density at radius 1 is 1.50 bits per heavy atom. The van der Waals surface area contributed by atoms with Crippen LogP contribution in [0, 0.1) is 6.92 Å². The Morgan fingerprint density at radius 3 is 2.95 bits per heavy atom. The SMILES string of the molecule is Cc1ccccc1C(C)NC(=O)CN1CCNC[C@@H]1C. The maximum absolute atomic E-state index is 12.2. The molecule has 0 aliphatic carbocycles. The van der Waals surface area contributed by atoms with E-state index < -0.39 is 0 Å².